The molecule has 1 saturated carbocycles. The average Bonchev–Trinajstić information content (AvgIpc) is 3.25. The Kier molecular flexibility index (Phi) is 4.57. The van der Waals surface area contributed by atoms with Gasteiger partial charge in [0.25, 0.3) is 0 Å². The van der Waals surface area contributed by atoms with Gasteiger partial charge in [-0.3, -0.25) is 4.21 Å². The zero-order valence-electron chi connectivity index (χ0n) is 11.7. The lowest BCUT2D eigenvalue weighted by Crippen LogP contribution is -2.52. The second-order valence-electron chi connectivity index (χ2n) is 6.44. The topological polar surface area (TPSA) is 41.6 Å². The van der Waals surface area contributed by atoms with Crippen LogP contribution in [0.5, 0.6) is 0 Å². The molecule has 1 atom stereocenters. The van der Waals surface area contributed by atoms with E-state index in [0.29, 0.717) is 5.41 Å². The Morgan fingerprint density at radius 1 is 1.32 bits per heavy atom. The van der Waals surface area contributed by atoms with Gasteiger partial charge in [-0.1, -0.05) is 0 Å². The van der Waals surface area contributed by atoms with E-state index >= 15 is 0 Å². The molecule has 0 bridgehead atoms. The average molecular weight is 286 g/mol. The Bertz CT molecular complexity index is 317. The lowest BCUT2D eigenvalue weighted by Gasteiger charge is -2.42. The smallest absolute Gasteiger partial charge is 0.0546 e. The van der Waals surface area contributed by atoms with Crippen LogP contribution < -0.4 is 5.32 Å². The second kappa shape index (κ2) is 6.20. The Hall–Kier alpha value is 0.0300. The summed E-state index contributed by atoms with van der Waals surface area (Å²) in [6.45, 7) is 6.03. The molecule has 0 radical (unpaired) electrons. The third-order valence-corrected chi connectivity index (χ3v) is 5.85. The van der Waals surface area contributed by atoms with Crippen molar-refractivity contribution in [3.05, 3.63) is 0 Å². The summed E-state index contributed by atoms with van der Waals surface area (Å²) < 4.78 is 17.2. The van der Waals surface area contributed by atoms with E-state index in [-0.39, 0.29) is 0 Å². The molecule has 2 heterocycles. The van der Waals surface area contributed by atoms with Crippen LogP contribution in [0.15, 0.2) is 0 Å². The summed E-state index contributed by atoms with van der Waals surface area (Å²) in [6, 6.07) is 0.771. The fourth-order valence-electron chi connectivity index (χ4n) is 3.19. The Morgan fingerprint density at radius 2 is 2.11 bits per heavy atom. The first-order valence-corrected chi connectivity index (χ1v) is 9.13. The van der Waals surface area contributed by atoms with Crippen LogP contribution in [0.3, 0.4) is 0 Å². The summed E-state index contributed by atoms with van der Waals surface area (Å²) in [6.07, 6.45) is 5.15. The predicted molar refractivity (Wildman–Crippen MR) is 77.8 cm³/mol. The van der Waals surface area contributed by atoms with Crippen LogP contribution in [0, 0.1) is 5.41 Å². The number of nitrogens with one attached hydrogen (secondary N) is 1. The summed E-state index contributed by atoms with van der Waals surface area (Å²) in [4.78, 5) is 2.50. The molecule has 0 aromatic rings. The van der Waals surface area contributed by atoms with Gasteiger partial charge in [0.1, 0.15) is 0 Å². The molecule has 110 valence electrons. The Labute approximate surface area is 118 Å². The summed E-state index contributed by atoms with van der Waals surface area (Å²) in [5, 5.41) is 3.70. The first kappa shape index (κ1) is 14.0. The fourth-order valence-corrected chi connectivity index (χ4v) is 4.31. The normalized spacial score (nSPS) is 34.5. The first-order valence-electron chi connectivity index (χ1n) is 7.64. The zero-order chi connectivity index (χ0) is 13.1. The van der Waals surface area contributed by atoms with Crippen LogP contribution in [-0.2, 0) is 15.5 Å². The van der Waals surface area contributed by atoms with Crippen molar-refractivity contribution in [3.63, 3.8) is 0 Å². The van der Waals surface area contributed by atoms with E-state index in [1.807, 2.05) is 0 Å². The number of hydrogen-bond donors (Lipinski definition) is 1. The highest BCUT2D eigenvalue weighted by Crippen LogP contribution is 2.31. The van der Waals surface area contributed by atoms with Crippen LogP contribution >= 0.6 is 0 Å². The Morgan fingerprint density at radius 3 is 2.74 bits per heavy atom. The Balaban J connectivity index is 1.55. The predicted octanol–water partition coefficient (Wildman–Crippen LogP) is 0.600. The minimum absolute atomic E-state index is 0.291. The van der Waals surface area contributed by atoms with Gasteiger partial charge >= 0.3 is 0 Å². The summed E-state index contributed by atoms with van der Waals surface area (Å²) >= 11 is 0. The van der Waals surface area contributed by atoms with E-state index in [2.05, 4.69) is 10.2 Å². The summed E-state index contributed by atoms with van der Waals surface area (Å²) in [7, 11) is -0.571. The lowest BCUT2D eigenvalue weighted by atomic mass is 9.81. The minimum atomic E-state index is -0.571. The van der Waals surface area contributed by atoms with E-state index < -0.39 is 10.8 Å². The number of ether oxygens (including phenoxy) is 1. The molecule has 3 rings (SSSR count). The van der Waals surface area contributed by atoms with Crippen molar-refractivity contribution in [2.75, 3.05) is 50.9 Å². The minimum Gasteiger partial charge on any atom is -0.381 e. The molecule has 4 nitrogen and oxygen atoms in total. The fraction of sp³-hybridized carbons (Fsp3) is 1.00. The van der Waals surface area contributed by atoms with Crippen molar-refractivity contribution < 1.29 is 8.95 Å². The van der Waals surface area contributed by atoms with E-state index in [4.69, 9.17) is 4.74 Å². The van der Waals surface area contributed by atoms with Crippen molar-refractivity contribution in [1.29, 1.82) is 0 Å². The van der Waals surface area contributed by atoms with Crippen molar-refractivity contribution in [2.24, 2.45) is 5.41 Å². The first-order chi connectivity index (χ1) is 9.26. The van der Waals surface area contributed by atoms with Crippen molar-refractivity contribution >= 4 is 10.8 Å². The second-order valence-corrected chi connectivity index (χ2v) is 8.13. The number of hydrogen-bond acceptors (Lipinski definition) is 4. The molecule has 1 N–H and O–H groups in total. The van der Waals surface area contributed by atoms with Gasteiger partial charge in [-0.05, 0) is 25.7 Å². The van der Waals surface area contributed by atoms with E-state index in [9.17, 15) is 4.21 Å². The molecule has 2 saturated heterocycles. The van der Waals surface area contributed by atoms with Gasteiger partial charge in [-0.25, -0.2) is 0 Å². The molecule has 3 aliphatic rings. The van der Waals surface area contributed by atoms with Gasteiger partial charge in [-0.15, -0.1) is 0 Å². The largest absolute Gasteiger partial charge is 0.381 e. The number of nitrogens with zero attached hydrogens (tertiary/aromatic N) is 1. The van der Waals surface area contributed by atoms with Gasteiger partial charge in [0.05, 0.1) is 6.61 Å². The van der Waals surface area contributed by atoms with Gasteiger partial charge < -0.3 is 15.0 Å². The quantitative estimate of drug-likeness (QED) is 0.804. The van der Waals surface area contributed by atoms with Crippen LogP contribution in [0.1, 0.15) is 25.7 Å². The molecular weight excluding hydrogens is 260 g/mol. The van der Waals surface area contributed by atoms with Crippen LogP contribution in [-0.4, -0.2) is 66.0 Å². The standard InChI is InChI=1S/C14H26N2O2S/c17-19-8-5-16(6-9-19)11-14(4-1-7-18-12-14)10-15-13-2-3-13/h13,15H,1-12H2. The molecule has 19 heavy (non-hydrogen) atoms. The number of rotatable bonds is 5. The van der Waals surface area contributed by atoms with Crippen LogP contribution in [0.2, 0.25) is 0 Å². The van der Waals surface area contributed by atoms with Gasteiger partial charge in [0.2, 0.25) is 0 Å². The van der Waals surface area contributed by atoms with E-state index in [1.165, 1.54) is 25.7 Å². The summed E-state index contributed by atoms with van der Waals surface area (Å²) in [5.41, 5.74) is 0.291. The van der Waals surface area contributed by atoms with Crippen molar-refractivity contribution in [3.8, 4) is 0 Å². The molecule has 2 aliphatic heterocycles. The molecule has 1 unspecified atom stereocenters. The molecule has 5 heteroatoms. The monoisotopic (exact) mass is 286 g/mol. The van der Waals surface area contributed by atoms with Crippen LogP contribution in [0.4, 0.5) is 0 Å². The molecule has 3 fully saturated rings. The summed E-state index contributed by atoms with van der Waals surface area (Å²) in [5.74, 6) is 1.71. The maximum Gasteiger partial charge on any atom is 0.0546 e. The zero-order valence-corrected chi connectivity index (χ0v) is 12.6. The molecule has 1 aliphatic carbocycles. The van der Waals surface area contributed by atoms with Crippen molar-refractivity contribution in [2.45, 2.75) is 31.7 Å². The highest BCUT2D eigenvalue weighted by Gasteiger charge is 2.37. The maximum absolute atomic E-state index is 11.5. The van der Waals surface area contributed by atoms with Gasteiger partial charge in [-0.2, -0.15) is 0 Å². The third kappa shape index (κ3) is 4.00. The van der Waals surface area contributed by atoms with Gasteiger partial charge in [0.15, 0.2) is 0 Å². The molecular formula is C14H26N2O2S. The molecule has 0 spiro atoms. The van der Waals surface area contributed by atoms with Crippen LogP contribution in [0.25, 0.3) is 0 Å². The molecule has 0 aromatic heterocycles. The third-order valence-electron chi connectivity index (χ3n) is 4.58. The lowest BCUT2D eigenvalue weighted by molar-refractivity contribution is -0.0251. The van der Waals surface area contributed by atoms with E-state index in [0.717, 1.165) is 56.9 Å². The highest BCUT2D eigenvalue weighted by atomic mass is 32.2. The molecule has 0 aromatic carbocycles. The van der Waals surface area contributed by atoms with Crippen molar-refractivity contribution in [1.82, 2.24) is 10.2 Å². The molecule has 0 amide bonds. The highest BCUT2D eigenvalue weighted by molar-refractivity contribution is 7.85. The van der Waals surface area contributed by atoms with E-state index in [1.54, 1.807) is 0 Å². The maximum atomic E-state index is 11.5. The van der Waals surface area contributed by atoms with Gasteiger partial charge in [0, 0.05) is 66.5 Å². The SMILES string of the molecule is O=S1CCN(CC2(CNC3CC3)CCCOC2)CC1.